The topological polar surface area (TPSA) is 33.3 Å². The van der Waals surface area contributed by atoms with Crippen molar-refractivity contribution in [3.05, 3.63) is 0 Å². The van der Waals surface area contributed by atoms with E-state index < -0.39 is 0 Å². The molecule has 0 spiro atoms. The van der Waals surface area contributed by atoms with Crippen LogP contribution in [0.15, 0.2) is 0 Å². The molecule has 1 heterocycles. The van der Waals surface area contributed by atoms with Crippen molar-refractivity contribution in [3.63, 3.8) is 0 Å². The first-order valence-corrected chi connectivity index (χ1v) is 6.69. The highest BCUT2D eigenvalue weighted by atomic mass is 16.5. The van der Waals surface area contributed by atoms with Gasteiger partial charge >= 0.3 is 0 Å². The molecule has 0 aromatic rings. The molecule has 0 bridgehead atoms. The summed E-state index contributed by atoms with van der Waals surface area (Å²) in [7, 11) is 1.80. The van der Waals surface area contributed by atoms with E-state index in [1.54, 1.807) is 7.11 Å². The molecule has 0 aromatic heterocycles. The van der Waals surface area contributed by atoms with Gasteiger partial charge in [-0.3, -0.25) is 0 Å². The van der Waals surface area contributed by atoms with Crippen LogP contribution in [0, 0.1) is 11.3 Å². The highest BCUT2D eigenvalue weighted by Crippen LogP contribution is 2.48. The van der Waals surface area contributed by atoms with Gasteiger partial charge in [0, 0.05) is 26.3 Å². The third-order valence-electron chi connectivity index (χ3n) is 4.39. The summed E-state index contributed by atoms with van der Waals surface area (Å²) in [6, 6.07) is 0.696. The number of nitrogens with one attached hydrogen (secondary N) is 2. The van der Waals surface area contributed by atoms with Gasteiger partial charge in [-0.25, -0.2) is 0 Å². The summed E-state index contributed by atoms with van der Waals surface area (Å²) < 4.78 is 5.18. The van der Waals surface area contributed by atoms with Gasteiger partial charge < -0.3 is 15.4 Å². The fourth-order valence-corrected chi connectivity index (χ4v) is 2.73. The Kier molecular flexibility index (Phi) is 4.22. The van der Waals surface area contributed by atoms with Crippen molar-refractivity contribution in [2.45, 2.75) is 38.6 Å². The van der Waals surface area contributed by atoms with Crippen molar-refractivity contribution in [2.24, 2.45) is 11.3 Å². The summed E-state index contributed by atoms with van der Waals surface area (Å²) in [6.45, 7) is 6.80. The first-order chi connectivity index (χ1) is 7.76. The molecule has 0 aromatic carbocycles. The number of ether oxygens (including phenoxy) is 1. The molecule has 0 amide bonds. The molecule has 1 saturated heterocycles. The molecule has 0 radical (unpaired) electrons. The zero-order valence-electron chi connectivity index (χ0n) is 10.7. The fraction of sp³-hybridized carbons (Fsp3) is 1.00. The normalized spacial score (nSPS) is 31.9. The summed E-state index contributed by atoms with van der Waals surface area (Å²) in [5.41, 5.74) is 0.589. The number of hydrogen-bond acceptors (Lipinski definition) is 3. The van der Waals surface area contributed by atoms with Crippen molar-refractivity contribution in [3.8, 4) is 0 Å². The molecule has 2 N–H and O–H groups in total. The number of methoxy groups -OCH3 is 1. The van der Waals surface area contributed by atoms with Crippen molar-refractivity contribution >= 4 is 0 Å². The first-order valence-electron chi connectivity index (χ1n) is 6.69. The predicted molar refractivity (Wildman–Crippen MR) is 66.6 cm³/mol. The Morgan fingerprint density at radius 2 is 2.25 bits per heavy atom. The van der Waals surface area contributed by atoms with E-state index in [1.165, 1.54) is 45.3 Å². The average molecular weight is 226 g/mol. The van der Waals surface area contributed by atoms with Gasteiger partial charge in [0.15, 0.2) is 0 Å². The van der Waals surface area contributed by atoms with E-state index in [9.17, 15) is 0 Å². The van der Waals surface area contributed by atoms with Crippen LogP contribution in [0.1, 0.15) is 32.6 Å². The van der Waals surface area contributed by atoms with Gasteiger partial charge in [0.25, 0.3) is 0 Å². The molecule has 3 heteroatoms. The molecule has 1 aliphatic carbocycles. The third kappa shape index (κ3) is 3.19. The highest BCUT2D eigenvalue weighted by molar-refractivity contribution is 4.95. The molecule has 3 nitrogen and oxygen atoms in total. The van der Waals surface area contributed by atoms with Crippen LogP contribution in [0.4, 0.5) is 0 Å². The van der Waals surface area contributed by atoms with Crippen LogP contribution in [0.2, 0.25) is 0 Å². The van der Waals surface area contributed by atoms with Crippen molar-refractivity contribution < 1.29 is 4.74 Å². The van der Waals surface area contributed by atoms with E-state index in [0.29, 0.717) is 11.5 Å². The summed E-state index contributed by atoms with van der Waals surface area (Å²) in [4.78, 5) is 0. The average Bonchev–Trinajstić information content (AvgIpc) is 2.94. The zero-order valence-corrected chi connectivity index (χ0v) is 10.7. The minimum absolute atomic E-state index is 0.589. The van der Waals surface area contributed by atoms with Crippen molar-refractivity contribution in [2.75, 3.05) is 33.4 Å². The van der Waals surface area contributed by atoms with Gasteiger partial charge in [-0.2, -0.15) is 0 Å². The smallest absolute Gasteiger partial charge is 0.0468 e. The number of rotatable bonds is 7. The molecule has 2 fully saturated rings. The molecular formula is C13H26N2O. The predicted octanol–water partition coefficient (Wildman–Crippen LogP) is 1.39. The Balaban J connectivity index is 1.60. The molecule has 94 valence electrons. The van der Waals surface area contributed by atoms with Crippen LogP contribution in [0.25, 0.3) is 0 Å². The maximum absolute atomic E-state index is 5.18. The molecular weight excluding hydrogens is 200 g/mol. The second-order valence-electron chi connectivity index (χ2n) is 5.67. The molecule has 16 heavy (non-hydrogen) atoms. The maximum Gasteiger partial charge on any atom is 0.0468 e. The van der Waals surface area contributed by atoms with E-state index in [-0.39, 0.29) is 0 Å². The summed E-state index contributed by atoms with van der Waals surface area (Å²) >= 11 is 0. The van der Waals surface area contributed by atoms with E-state index >= 15 is 0 Å². The molecule has 2 atom stereocenters. The van der Waals surface area contributed by atoms with Crippen LogP contribution in [-0.4, -0.2) is 39.4 Å². The van der Waals surface area contributed by atoms with Gasteiger partial charge in [0.1, 0.15) is 0 Å². The Hall–Kier alpha value is -0.120. The monoisotopic (exact) mass is 226 g/mol. The van der Waals surface area contributed by atoms with E-state index in [4.69, 9.17) is 4.74 Å². The largest absolute Gasteiger partial charge is 0.385 e. The lowest BCUT2D eigenvalue weighted by atomic mass is 10.00. The minimum atomic E-state index is 0.589. The Morgan fingerprint density at radius 3 is 2.81 bits per heavy atom. The number of hydrogen-bond donors (Lipinski definition) is 2. The molecule has 2 unspecified atom stereocenters. The van der Waals surface area contributed by atoms with E-state index in [2.05, 4.69) is 17.6 Å². The Morgan fingerprint density at radius 1 is 1.44 bits per heavy atom. The van der Waals surface area contributed by atoms with Gasteiger partial charge in [0.05, 0.1) is 0 Å². The summed E-state index contributed by atoms with van der Waals surface area (Å²) in [5, 5.41) is 7.18. The Labute approximate surface area is 99.3 Å². The van der Waals surface area contributed by atoms with Gasteiger partial charge in [-0.1, -0.05) is 0 Å². The fourth-order valence-electron chi connectivity index (χ4n) is 2.73. The van der Waals surface area contributed by atoms with Crippen LogP contribution >= 0.6 is 0 Å². The molecule has 2 rings (SSSR count). The first kappa shape index (κ1) is 12.3. The quantitative estimate of drug-likeness (QED) is 0.688. The zero-order chi connectivity index (χ0) is 11.4. The molecule has 2 aliphatic rings. The van der Waals surface area contributed by atoms with Crippen LogP contribution in [0.5, 0.6) is 0 Å². The summed E-state index contributed by atoms with van der Waals surface area (Å²) in [5.74, 6) is 0.832. The second-order valence-corrected chi connectivity index (χ2v) is 5.67. The molecule has 1 aliphatic heterocycles. The van der Waals surface area contributed by atoms with E-state index in [1.807, 2.05) is 0 Å². The van der Waals surface area contributed by atoms with Crippen molar-refractivity contribution in [1.29, 1.82) is 0 Å². The lowest BCUT2D eigenvalue weighted by Crippen LogP contribution is -2.34. The van der Waals surface area contributed by atoms with Crippen molar-refractivity contribution in [1.82, 2.24) is 10.6 Å². The summed E-state index contributed by atoms with van der Waals surface area (Å²) in [6.07, 6.45) is 5.35. The van der Waals surface area contributed by atoms with Gasteiger partial charge in [0.2, 0.25) is 0 Å². The second kappa shape index (κ2) is 5.48. The minimum Gasteiger partial charge on any atom is -0.385 e. The lowest BCUT2D eigenvalue weighted by Gasteiger charge is -2.19. The van der Waals surface area contributed by atoms with Crippen LogP contribution < -0.4 is 10.6 Å². The third-order valence-corrected chi connectivity index (χ3v) is 4.39. The van der Waals surface area contributed by atoms with E-state index in [0.717, 1.165) is 12.5 Å². The highest BCUT2D eigenvalue weighted by Gasteiger charge is 2.41. The standard InChI is InChI=1S/C13H26N2O/c1-11-12(3-7-15-11)9-14-10-13(4-5-13)6-8-16-2/h11-12,14-15H,3-10H2,1-2H3. The maximum atomic E-state index is 5.18. The van der Waals surface area contributed by atoms with Crippen LogP contribution in [-0.2, 0) is 4.74 Å². The SMILES string of the molecule is COCCC1(CNCC2CCNC2C)CC1. The lowest BCUT2D eigenvalue weighted by molar-refractivity contribution is 0.170. The van der Waals surface area contributed by atoms with Gasteiger partial charge in [-0.15, -0.1) is 0 Å². The molecule has 1 saturated carbocycles. The Bertz CT molecular complexity index is 216. The van der Waals surface area contributed by atoms with Crippen LogP contribution in [0.3, 0.4) is 0 Å². The van der Waals surface area contributed by atoms with Gasteiger partial charge in [-0.05, 0) is 57.0 Å².